The van der Waals surface area contributed by atoms with Crippen LogP contribution in [0.15, 0.2) is 85.1 Å². The summed E-state index contributed by atoms with van der Waals surface area (Å²) >= 11 is 0. The number of carbonyl (C=O) groups is 2. The van der Waals surface area contributed by atoms with Crippen LogP contribution < -0.4 is 16.4 Å². The minimum absolute atomic E-state index is 0.00726. The van der Waals surface area contributed by atoms with E-state index in [0.29, 0.717) is 25.1 Å². The molecule has 0 aliphatic rings. The number of ketones is 1. The average molecular weight is 510 g/mol. The highest BCUT2D eigenvalue weighted by atomic mass is 16.2. The van der Waals surface area contributed by atoms with E-state index in [1.54, 1.807) is 19.1 Å². The summed E-state index contributed by atoms with van der Waals surface area (Å²) in [4.78, 5) is 29.5. The molecule has 0 saturated carbocycles. The molecule has 0 bridgehead atoms. The van der Waals surface area contributed by atoms with Crippen LogP contribution in [0.4, 0.5) is 0 Å². The summed E-state index contributed by atoms with van der Waals surface area (Å²) in [7, 11) is 0. The van der Waals surface area contributed by atoms with E-state index in [1.807, 2.05) is 54.7 Å². The number of carbonyl (C=O) groups excluding carboxylic acids is 2. The third-order valence-electron chi connectivity index (χ3n) is 6.85. The predicted octanol–water partition coefficient (Wildman–Crippen LogP) is 4.45. The molecule has 1 amide bonds. The van der Waals surface area contributed by atoms with Crippen molar-refractivity contribution in [3.8, 4) is 0 Å². The molecule has 7 heteroatoms. The smallest absolute Gasteiger partial charge is 0.223 e. The second-order valence-electron chi connectivity index (χ2n) is 9.72. The maximum Gasteiger partial charge on any atom is 0.223 e. The molecule has 7 nitrogen and oxygen atoms in total. The number of Topliss-reactive ketones (excluding diaryl/α,β-unsaturated/α-hetero) is 1. The number of nitrogen functional groups attached to an aromatic ring is 1. The van der Waals surface area contributed by atoms with Crippen LogP contribution in [0.1, 0.15) is 42.0 Å². The molecular weight excluding hydrogens is 474 g/mol. The molecule has 0 aliphatic carbocycles. The Hall–Kier alpha value is -4.23. The lowest BCUT2D eigenvalue weighted by Gasteiger charge is -2.20. The molecule has 38 heavy (non-hydrogen) atoms. The molecule has 1 heterocycles. The summed E-state index contributed by atoms with van der Waals surface area (Å²) in [6.07, 6.45) is 3.57. The highest BCUT2D eigenvalue weighted by Crippen LogP contribution is 2.18. The fourth-order valence-corrected chi connectivity index (χ4v) is 4.55. The molecule has 6 N–H and O–H groups in total. The van der Waals surface area contributed by atoms with E-state index in [-0.39, 0.29) is 30.0 Å². The van der Waals surface area contributed by atoms with Crippen molar-refractivity contribution in [1.82, 2.24) is 15.6 Å². The second kappa shape index (κ2) is 12.8. The van der Waals surface area contributed by atoms with Gasteiger partial charge in [0, 0.05) is 48.1 Å². The van der Waals surface area contributed by atoms with Gasteiger partial charge in [-0.15, -0.1) is 0 Å². The highest BCUT2D eigenvalue weighted by Gasteiger charge is 2.24. The van der Waals surface area contributed by atoms with Gasteiger partial charge in [-0.25, -0.2) is 0 Å². The first-order valence-corrected chi connectivity index (χ1v) is 13.0. The Morgan fingerprint density at radius 1 is 0.921 bits per heavy atom. The largest absolute Gasteiger partial charge is 0.384 e. The van der Waals surface area contributed by atoms with E-state index in [0.717, 1.165) is 28.5 Å². The zero-order valence-electron chi connectivity index (χ0n) is 21.7. The van der Waals surface area contributed by atoms with Crippen LogP contribution in [0, 0.1) is 11.3 Å². The van der Waals surface area contributed by atoms with E-state index in [9.17, 15) is 9.59 Å². The number of rotatable bonds is 13. The average Bonchev–Trinajstić information content (AvgIpc) is 3.35. The van der Waals surface area contributed by atoms with Crippen LogP contribution in [0.25, 0.3) is 10.9 Å². The van der Waals surface area contributed by atoms with Crippen LogP contribution in [-0.4, -0.2) is 28.6 Å². The Balaban J connectivity index is 1.36. The number of aromatic amines is 1. The zero-order valence-corrected chi connectivity index (χ0v) is 21.7. The van der Waals surface area contributed by atoms with Gasteiger partial charge in [-0.2, -0.15) is 0 Å². The number of amides is 1. The first-order chi connectivity index (χ1) is 18.4. The summed E-state index contributed by atoms with van der Waals surface area (Å²) in [6, 6.07) is 25.1. The Labute approximate surface area is 223 Å². The van der Waals surface area contributed by atoms with E-state index < -0.39 is 5.92 Å². The molecule has 0 saturated heterocycles. The standard InChI is InChI=1S/C31H35N5O2/c1-21(31(38)36-18-23-11-14-24(15-12-23)30(32)33)17-29(37)28(16-13-22-7-3-2-4-8-22)35-20-25-19-34-27-10-6-5-9-26(25)27/h2-12,14-15,19,21,28,34-35H,13,16-18,20H2,1H3,(H3,32,33)(H,36,38)/t21-,28+/m1/s1. The summed E-state index contributed by atoms with van der Waals surface area (Å²) in [5.41, 5.74) is 10.4. The van der Waals surface area contributed by atoms with Crippen molar-refractivity contribution in [3.05, 3.63) is 107 Å². The van der Waals surface area contributed by atoms with Crippen LogP contribution in [-0.2, 0) is 29.1 Å². The normalized spacial score (nSPS) is 12.7. The SMILES string of the molecule is C[C@H](CC(=O)[C@H](CCc1ccccc1)NCc1c[nH]c2ccccc12)C(=O)NCc1ccc(C(=N)N)cc1. The topological polar surface area (TPSA) is 124 Å². The lowest BCUT2D eigenvalue weighted by Crippen LogP contribution is -2.39. The number of hydrogen-bond donors (Lipinski definition) is 5. The van der Waals surface area contributed by atoms with Gasteiger partial charge in [-0.1, -0.05) is 79.7 Å². The van der Waals surface area contributed by atoms with Gasteiger partial charge in [0.1, 0.15) is 5.84 Å². The van der Waals surface area contributed by atoms with Crippen molar-refractivity contribution in [2.75, 3.05) is 0 Å². The number of amidine groups is 1. The quantitative estimate of drug-likeness (QED) is 0.135. The molecule has 2 atom stereocenters. The number of nitrogens with one attached hydrogen (secondary N) is 4. The monoisotopic (exact) mass is 509 g/mol. The molecule has 196 valence electrons. The zero-order chi connectivity index (χ0) is 26.9. The number of H-pyrrole nitrogens is 1. The first kappa shape index (κ1) is 26.8. The predicted molar refractivity (Wildman–Crippen MR) is 152 cm³/mol. The molecule has 0 radical (unpaired) electrons. The molecule has 4 rings (SSSR count). The summed E-state index contributed by atoms with van der Waals surface area (Å²) < 4.78 is 0. The van der Waals surface area contributed by atoms with Crippen molar-refractivity contribution < 1.29 is 9.59 Å². The van der Waals surface area contributed by atoms with E-state index in [1.165, 1.54) is 5.56 Å². The van der Waals surface area contributed by atoms with Crippen molar-refractivity contribution in [3.63, 3.8) is 0 Å². The Morgan fingerprint density at radius 2 is 1.63 bits per heavy atom. The van der Waals surface area contributed by atoms with Gasteiger partial charge in [0.25, 0.3) is 0 Å². The molecule has 1 aromatic heterocycles. The number of aryl methyl sites for hydroxylation is 1. The fraction of sp³-hybridized carbons (Fsp3) is 0.258. The molecule has 0 aliphatic heterocycles. The summed E-state index contributed by atoms with van der Waals surface area (Å²) in [6.45, 7) is 2.71. The van der Waals surface area contributed by atoms with E-state index in [2.05, 4.69) is 33.8 Å². The number of hydrogen-bond acceptors (Lipinski definition) is 4. The second-order valence-corrected chi connectivity index (χ2v) is 9.72. The van der Waals surface area contributed by atoms with Gasteiger partial charge in [0.15, 0.2) is 5.78 Å². The van der Waals surface area contributed by atoms with Gasteiger partial charge in [-0.05, 0) is 35.6 Å². The van der Waals surface area contributed by atoms with Crippen LogP contribution in [0.2, 0.25) is 0 Å². The maximum absolute atomic E-state index is 13.4. The minimum Gasteiger partial charge on any atom is -0.384 e. The minimum atomic E-state index is -0.451. The first-order valence-electron chi connectivity index (χ1n) is 13.0. The highest BCUT2D eigenvalue weighted by molar-refractivity contribution is 5.95. The number of fused-ring (bicyclic) bond motifs is 1. The van der Waals surface area contributed by atoms with E-state index >= 15 is 0 Å². The maximum atomic E-state index is 13.4. The third kappa shape index (κ3) is 7.17. The molecular formula is C31H35N5O2. The van der Waals surface area contributed by atoms with Gasteiger partial charge in [0.2, 0.25) is 5.91 Å². The Morgan fingerprint density at radius 3 is 2.37 bits per heavy atom. The number of benzene rings is 3. The number of aromatic nitrogens is 1. The molecule has 4 aromatic rings. The van der Waals surface area contributed by atoms with E-state index in [4.69, 9.17) is 11.1 Å². The van der Waals surface area contributed by atoms with Gasteiger partial charge in [-0.3, -0.25) is 15.0 Å². The number of para-hydroxylation sites is 1. The van der Waals surface area contributed by atoms with Crippen LogP contribution in [0.5, 0.6) is 0 Å². The molecule has 3 aromatic carbocycles. The van der Waals surface area contributed by atoms with Crippen molar-refractivity contribution >= 4 is 28.4 Å². The summed E-state index contributed by atoms with van der Waals surface area (Å²) in [5.74, 6) is -0.567. The molecule has 0 spiro atoms. The lowest BCUT2D eigenvalue weighted by atomic mass is 9.95. The third-order valence-corrected chi connectivity index (χ3v) is 6.85. The molecule has 0 unspecified atom stereocenters. The molecule has 0 fully saturated rings. The van der Waals surface area contributed by atoms with Crippen molar-refractivity contribution in [1.29, 1.82) is 5.41 Å². The van der Waals surface area contributed by atoms with Crippen molar-refractivity contribution in [2.45, 2.75) is 45.3 Å². The van der Waals surface area contributed by atoms with Crippen LogP contribution in [0.3, 0.4) is 0 Å². The fourth-order valence-electron chi connectivity index (χ4n) is 4.55. The summed E-state index contributed by atoms with van der Waals surface area (Å²) in [5, 5.41) is 15.0. The van der Waals surface area contributed by atoms with Gasteiger partial charge >= 0.3 is 0 Å². The Bertz CT molecular complexity index is 1380. The van der Waals surface area contributed by atoms with Gasteiger partial charge < -0.3 is 21.4 Å². The lowest BCUT2D eigenvalue weighted by molar-refractivity contribution is -0.129. The van der Waals surface area contributed by atoms with Crippen molar-refractivity contribution in [2.24, 2.45) is 11.7 Å². The van der Waals surface area contributed by atoms with Gasteiger partial charge in [0.05, 0.1) is 6.04 Å². The Kier molecular flexibility index (Phi) is 9.06. The van der Waals surface area contributed by atoms with Crippen LogP contribution >= 0.6 is 0 Å². The number of nitrogens with two attached hydrogens (primary N) is 1.